The lowest BCUT2D eigenvalue weighted by Crippen LogP contribution is -2.20. The molecule has 18 heavy (non-hydrogen) atoms. The van der Waals surface area contributed by atoms with Gasteiger partial charge in [0.1, 0.15) is 5.82 Å². The molecule has 0 spiro atoms. The third-order valence-electron chi connectivity index (χ3n) is 2.99. The lowest BCUT2D eigenvalue weighted by Gasteiger charge is -2.19. The molecule has 0 atom stereocenters. The van der Waals surface area contributed by atoms with Crippen molar-refractivity contribution >= 4 is 17.4 Å². The van der Waals surface area contributed by atoms with Crippen molar-refractivity contribution in [3.8, 4) is 0 Å². The van der Waals surface area contributed by atoms with E-state index in [1.54, 1.807) is 4.68 Å². The highest BCUT2D eigenvalue weighted by atomic mass is 35.5. The van der Waals surface area contributed by atoms with E-state index in [0.717, 1.165) is 23.6 Å². The zero-order valence-electron chi connectivity index (χ0n) is 11.2. The molecule has 0 saturated carbocycles. The van der Waals surface area contributed by atoms with Gasteiger partial charge in [0.2, 0.25) is 0 Å². The van der Waals surface area contributed by atoms with Crippen molar-refractivity contribution in [2.45, 2.75) is 19.3 Å². The van der Waals surface area contributed by atoms with Gasteiger partial charge in [-0.15, -0.1) is 11.6 Å². The Morgan fingerprint density at radius 1 is 1.39 bits per heavy atom. The minimum atomic E-state index is 0.479. The molecule has 2 heterocycles. The van der Waals surface area contributed by atoms with Gasteiger partial charge in [-0.25, -0.2) is 0 Å². The van der Waals surface area contributed by atoms with E-state index in [1.165, 1.54) is 5.56 Å². The Balaban J connectivity index is 2.25. The summed E-state index contributed by atoms with van der Waals surface area (Å²) < 4.78 is 3.68. The quantitative estimate of drug-likeness (QED) is 0.794. The van der Waals surface area contributed by atoms with Crippen molar-refractivity contribution in [2.24, 2.45) is 14.1 Å². The Hall–Kier alpha value is -1.49. The molecule has 0 unspecified atom stereocenters. The molecule has 0 fully saturated rings. The Morgan fingerprint density at radius 3 is 2.67 bits per heavy atom. The molecule has 2 aromatic heterocycles. The summed E-state index contributed by atoms with van der Waals surface area (Å²) >= 11 is 6.01. The first-order valence-electron chi connectivity index (χ1n) is 5.80. The topological polar surface area (TPSA) is 38.9 Å². The number of halogens is 1. The highest BCUT2D eigenvalue weighted by Gasteiger charge is 2.16. The largest absolute Gasteiger partial charge is 0.355 e. The maximum atomic E-state index is 6.01. The molecule has 6 heteroatoms. The van der Waals surface area contributed by atoms with Crippen LogP contribution in [0.5, 0.6) is 0 Å². The molecule has 0 aromatic carbocycles. The number of alkyl halides is 1. The van der Waals surface area contributed by atoms with E-state index >= 15 is 0 Å². The summed E-state index contributed by atoms with van der Waals surface area (Å²) in [5, 5.41) is 8.59. The predicted molar refractivity (Wildman–Crippen MR) is 72.8 cm³/mol. The average Bonchev–Trinajstić information content (AvgIpc) is 2.82. The zero-order valence-corrected chi connectivity index (χ0v) is 11.9. The molecule has 0 amide bonds. The molecule has 0 bridgehead atoms. The normalized spacial score (nSPS) is 10.9. The molecule has 98 valence electrons. The van der Waals surface area contributed by atoms with Crippen molar-refractivity contribution in [2.75, 3.05) is 11.9 Å². The van der Waals surface area contributed by atoms with Gasteiger partial charge in [-0.1, -0.05) is 0 Å². The highest BCUT2D eigenvalue weighted by Crippen LogP contribution is 2.25. The van der Waals surface area contributed by atoms with Crippen LogP contribution in [0.1, 0.15) is 16.8 Å². The van der Waals surface area contributed by atoms with Crippen LogP contribution in [-0.4, -0.2) is 26.6 Å². The summed E-state index contributed by atoms with van der Waals surface area (Å²) in [6, 6.07) is 0. The van der Waals surface area contributed by atoms with Crippen molar-refractivity contribution in [1.82, 2.24) is 19.6 Å². The summed E-state index contributed by atoms with van der Waals surface area (Å²) in [5.74, 6) is 1.54. The van der Waals surface area contributed by atoms with E-state index in [2.05, 4.69) is 15.1 Å². The maximum Gasteiger partial charge on any atom is 0.131 e. The first-order chi connectivity index (χ1) is 8.52. The predicted octanol–water partition coefficient (Wildman–Crippen LogP) is 1.84. The Kier molecular flexibility index (Phi) is 3.61. The minimum absolute atomic E-state index is 0.479. The molecule has 5 nitrogen and oxygen atoms in total. The van der Waals surface area contributed by atoms with E-state index in [9.17, 15) is 0 Å². The van der Waals surface area contributed by atoms with Crippen LogP contribution in [0.2, 0.25) is 0 Å². The zero-order chi connectivity index (χ0) is 13.3. The molecule has 0 radical (unpaired) electrons. The Labute approximate surface area is 112 Å². The molecule has 0 aliphatic carbocycles. The van der Waals surface area contributed by atoms with Crippen LogP contribution in [0.4, 0.5) is 5.82 Å². The van der Waals surface area contributed by atoms with Crippen molar-refractivity contribution in [3.05, 3.63) is 29.2 Å². The number of nitrogens with zero attached hydrogens (tertiary/aromatic N) is 5. The summed E-state index contributed by atoms with van der Waals surface area (Å²) in [6.45, 7) is 2.77. The third kappa shape index (κ3) is 2.36. The smallest absolute Gasteiger partial charge is 0.131 e. The summed E-state index contributed by atoms with van der Waals surface area (Å²) in [5.41, 5.74) is 3.24. The van der Waals surface area contributed by atoms with E-state index in [0.29, 0.717) is 5.88 Å². The number of hydrogen-bond donors (Lipinski definition) is 0. The standard InChI is InChI=1S/C12H18ClN5/c1-9-11(5-13)12(18(4)15-9)16(2)7-10-6-14-17(3)8-10/h6,8H,5,7H2,1-4H3. The second-order valence-electron chi connectivity index (χ2n) is 4.52. The van der Waals surface area contributed by atoms with Crippen LogP contribution in [-0.2, 0) is 26.5 Å². The van der Waals surface area contributed by atoms with E-state index in [-0.39, 0.29) is 0 Å². The van der Waals surface area contributed by atoms with Gasteiger partial charge < -0.3 is 4.90 Å². The molecular formula is C12H18ClN5. The van der Waals surface area contributed by atoms with E-state index in [4.69, 9.17) is 11.6 Å². The molecule has 0 N–H and O–H groups in total. The van der Waals surface area contributed by atoms with Crippen LogP contribution in [0.15, 0.2) is 12.4 Å². The number of hydrogen-bond acceptors (Lipinski definition) is 3. The monoisotopic (exact) mass is 267 g/mol. The Bertz CT molecular complexity index is 543. The number of aromatic nitrogens is 4. The third-order valence-corrected chi connectivity index (χ3v) is 3.25. The fourth-order valence-electron chi connectivity index (χ4n) is 2.23. The first kappa shape index (κ1) is 13.0. The lowest BCUT2D eigenvalue weighted by atomic mass is 10.2. The van der Waals surface area contributed by atoms with Crippen LogP contribution in [0.3, 0.4) is 0 Å². The van der Waals surface area contributed by atoms with Gasteiger partial charge >= 0.3 is 0 Å². The van der Waals surface area contributed by atoms with Gasteiger partial charge in [-0.2, -0.15) is 10.2 Å². The molecule has 0 aliphatic heterocycles. The Morgan fingerprint density at radius 2 is 2.11 bits per heavy atom. The molecule has 0 saturated heterocycles. The van der Waals surface area contributed by atoms with Crippen LogP contribution in [0.25, 0.3) is 0 Å². The van der Waals surface area contributed by atoms with Crippen LogP contribution in [0, 0.1) is 6.92 Å². The minimum Gasteiger partial charge on any atom is -0.355 e. The fraction of sp³-hybridized carbons (Fsp3) is 0.500. The van der Waals surface area contributed by atoms with Crippen molar-refractivity contribution in [3.63, 3.8) is 0 Å². The van der Waals surface area contributed by atoms with Crippen LogP contribution >= 0.6 is 11.6 Å². The van der Waals surface area contributed by atoms with Crippen molar-refractivity contribution in [1.29, 1.82) is 0 Å². The molecule has 2 aromatic rings. The highest BCUT2D eigenvalue weighted by molar-refractivity contribution is 6.17. The number of aryl methyl sites for hydroxylation is 3. The van der Waals surface area contributed by atoms with Gasteiger partial charge in [-0.05, 0) is 6.92 Å². The second kappa shape index (κ2) is 5.02. The molecular weight excluding hydrogens is 250 g/mol. The summed E-state index contributed by atoms with van der Waals surface area (Å²) in [6.07, 6.45) is 3.89. The van der Waals surface area contributed by atoms with Crippen molar-refractivity contribution < 1.29 is 0 Å². The van der Waals surface area contributed by atoms with E-state index in [1.807, 2.05) is 45.1 Å². The van der Waals surface area contributed by atoms with E-state index < -0.39 is 0 Å². The lowest BCUT2D eigenvalue weighted by molar-refractivity contribution is 0.725. The van der Waals surface area contributed by atoms with Gasteiger partial charge in [0.25, 0.3) is 0 Å². The average molecular weight is 268 g/mol. The fourth-order valence-corrected chi connectivity index (χ4v) is 2.54. The first-order valence-corrected chi connectivity index (χ1v) is 6.33. The van der Waals surface area contributed by atoms with Gasteiger partial charge in [-0.3, -0.25) is 9.36 Å². The van der Waals surface area contributed by atoms with Gasteiger partial charge in [0, 0.05) is 45.0 Å². The summed E-state index contributed by atoms with van der Waals surface area (Å²) in [4.78, 5) is 2.15. The molecule has 2 rings (SSSR count). The maximum absolute atomic E-state index is 6.01. The molecule has 0 aliphatic rings. The van der Waals surface area contributed by atoms with Gasteiger partial charge in [0.05, 0.1) is 17.8 Å². The second-order valence-corrected chi connectivity index (χ2v) is 4.79. The van der Waals surface area contributed by atoms with Crippen LogP contribution < -0.4 is 4.90 Å². The number of rotatable bonds is 4. The number of anilines is 1. The summed E-state index contributed by atoms with van der Waals surface area (Å²) in [7, 11) is 5.90. The van der Waals surface area contributed by atoms with Gasteiger partial charge in [0.15, 0.2) is 0 Å². The SMILES string of the molecule is Cc1nn(C)c(N(C)Cc2cnn(C)c2)c1CCl.